The number of nitrogens with one attached hydrogen (secondary N) is 1. The zero-order valence-electron chi connectivity index (χ0n) is 17.6. The Hall–Kier alpha value is -1.06. The van der Waals surface area contributed by atoms with Crippen LogP contribution in [0.15, 0.2) is 23.2 Å². The normalized spacial score (nSPS) is 22.7. The molecule has 3 rings (SSSR count). The van der Waals surface area contributed by atoms with Gasteiger partial charge in [-0.05, 0) is 49.9 Å². The monoisotopic (exact) mass is 502 g/mol. The van der Waals surface area contributed by atoms with Crippen molar-refractivity contribution in [3.8, 4) is 0 Å². The molecule has 1 aromatic rings. The van der Waals surface area contributed by atoms with E-state index in [1.165, 1.54) is 16.8 Å². The zero-order chi connectivity index (χ0) is 19.2. The van der Waals surface area contributed by atoms with Crippen LogP contribution < -0.4 is 10.2 Å². The molecule has 2 aliphatic rings. The van der Waals surface area contributed by atoms with E-state index in [2.05, 4.69) is 61.3 Å². The third-order valence-electron chi connectivity index (χ3n) is 5.35. The molecule has 2 saturated heterocycles. The number of ether oxygens (including phenoxy) is 2. The summed E-state index contributed by atoms with van der Waals surface area (Å²) in [5.41, 5.74) is 3.76. The minimum atomic E-state index is 0. The highest BCUT2D eigenvalue weighted by Crippen LogP contribution is 2.21. The highest BCUT2D eigenvalue weighted by Gasteiger charge is 2.32. The van der Waals surface area contributed by atoms with E-state index in [0.717, 1.165) is 51.6 Å². The van der Waals surface area contributed by atoms with E-state index in [9.17, 15) is 0 Å². The maximum Gasteiger partial charge on any atom is 0.194 e. The van der Waals surface area contributed by atoms with Gasteiger partial charge < -0.3 is 24.6 Å². The number of hydrogen-bond acceptors (Lipinski definition) is 4. The van der Waals surface area contributed by atoms with E-state index >= 15 is 0 Å². The van der Waals surface area contributed by atoms with Crippen molar-refractivity contribution in [1.29, 1.82) is 0 Å². The van der Waals surface area contributed by atoms with Gasteiger partial charge in [-0.3, -0.25) is 0 Å². The molecule has 6 nitrogen and oxygen atoms in total. The average Bonchev–Trinajstić information content (AvgIpc) is 3.21. The van der Waals surface area contributed by atoms with Crippen LogP contribution in [0, 0.1) is 6.92 Å². The molecular formula is C21H35IN4O2. The summed E-state index contributed by atoms with van der Waals surface area (Å²) in [4.78, 5) is 9.38. The smallest absolute Gasteiger partial charge is 0.194 e. The Morgan fingerprint density at radius 1 is 1.25 bits per heavy atom. The summed E-state index contributed by atoms with van der Waals surface area (Å²) in [5.74, 6) is 0.972. The van der Waals surface area contributed by atoms with E-state index in [4.69, 9.17) is 14.5 Å². The van der Waals surface area contributed by atoms with Gasteiger partial charge in [-0.25, -0.2) is 4.99 Å². The number of guanidine groups is 1. The molecule has 2 heterocycles. The molecule has 158 valence electrons. The first-order chi connectivity index (χ1) is 13.1. The number of aliphatic imine (C=N–C) groups is 1. The molecule has 0 aromatic heterocycles. The standard InChI is InChI=1S/C21H34N4O2.HI/c1-5-22-21(23-14-17-8-9-18(24(3)4)13-16(17)2)25-10-12-27-20(15-25)19-7-6-11-26-19;/h8-9,13,19-20H,5-7,10-12,14-15H2,1-4H3,(H,22,23);1H. The minimum Gasteiger partial charge on any atom is -0.378 e. The molecule has 0 aliphatic carbocycles. The molecule has 0 radical (unpaired) electrons. The van der Waals surface area contributed by atoms with Crippen molar-refractivity contribution in [2.24, 2.45) is 4.99 Å². The van der Waals surface area contributed by atoms with Gasteiger partial charge in [0.05, 0.1) is 19.3 Å². The van der Waals surface area contributed by atoms with Gasteiger partial charge in [0, 0.05) is 46.0 Å². The fourth-order valence-corrected chi connectivity index (χ4v) is 3.71. The average molecular weight is 502 g/mol. The van der Waals surface area contributed by atoms with Crippen molar-refractivity contribution in [3.05, 3.63) is 29.3 Å². The van der Waals surface area contributed by atoms with Crippen molar-refractivity contribution in [2.75, 3.05) is 51.8 Å². The summed E-state index contributed by atoms with van der Waals surface area (Å²) in [7, 11) is 4.14. The zero-order valence-corrected chi connectivity index (χ0v) is 19.9. The third kappa shape index (κ3) is 5.97. The van der Waals surface area contributed by atoms with E-state index in [0.29, 0.717) is 6.54 Å². The van der Waals surface area contributed by atoms with Crippen LogP contribution in [0.2, 0.25) is 0 Å². The molecule has 1 aromatic carbocycles. The Kier molecular flexibility index (Phi) is 9.30. The van der Waals surface area contributed by atoms with Gasteiger partial charge in [-0.2, -0.15) is 0 Å². The number of benzene rings is 1. The van der Waals surface area contributed by atoms with Crippen LogP contribution in [0.3, 0.4) is 0 Å². The first-order valence-electron chi connectivity index (χ1n) is 10.1. The summed E-state index contributed by atoms with van der Waals surface area (Å²) in [5, 5.41) is 3.45. The van der Waals surface area contributed by atoms with Crippen LogP contribution in [0.5, 0.6) is 0 Å². The lowest BCUT2D eigenvalue weighted by Crippen LogP contribution is -2.53. The number of anilines is 1. The van der Waals surface area contributed by atoms with Crippen LogP contribution in [0.25, 0.3) is 0 Å². The molecule has 2 atom stereocenters. The van der Waals surface area contributed by atoms with E-state index in [-0.39, 0.29) is 36.2 Å². The largest absolute Gasteiger partial charge is 0.378 e. The number of nitrogens with zero attached hydrogens (tertiary/aromatic N) is 3. The summed E-state index contributed by atoms with van der Waals surface area (Å²) in [6.07, 6.45) is 2.62. The van der Waals surface area contributed by atoms with Crippen LogP contribution in [-0.2, 0) is 16.0 Å². The number of morpholine rings is 1. The molecule has 0 amide bonds. The van der Waals surface area contributed by atoms with Gasteiger partial charge in [0.2, 0.25) is 0 Å². The first kappa shape index (κ1) is 23.2. The Bertz CT molecular complexity index is 647. The van der Waals surface area contributed by atoms with E-state index in [1.54, 1.807) is 0 Å². The molecule has 0 spiro atoms. The molecule has 2 aliphatic heterocycles. The summed E-state index contributed by atoms with van der Waals surface area (Å²) in [6, 6.07) is 6.57. The second kappa shape index (κ2) is 11.2. The number of rotatable bonds is 5. The van der Waals surface area contributed by atoms with Gasteiger partial charge in [-0.15, -0.1) is 24.0 Å². The fraction of sp³-hybridized carbons (Fsp3) is 0.667. The lowest BCUT2D eigenvalue weighted by atomic mass is 10.1. The van der Waals surface area contributed by atoms with Gasteiger partial charge in [0.15, 0.2) is 5.96 Å². The topological polar surface area (TPSA) is 49.3 Å². The predicted molar refractivity (Wildman–Crippen MR) is 126 cm³/mol. The molecule has 7 heteroatoms. The van der Waals surface area contributed by atoms with Gasteiger partial charge in [0.25, 0.3) is 0 Å². The van der Waals surface area contributed by atoms with Crippen molar-refractivity contribution >= 4 is 35.6 Å². The molecule has 0 saturated carbocycles. The summed E-state index contributed by atoms with van der Waals surface area (Å²) in [6.45, 7) is 9.12. The van der Waals surface area contributed by atoms with E-state index < -0.39 is 0 Å². The maximum atomic E-state index is 5.98. The van der Waals surface area contributed by atoms with Crippen LogP contribution in [-0.4, -0.2) is 70.0 Å². The molecule has 2 fully saturated rings. The summed E-state index contributed by atoms with van der Waals surface area (Å²) >= 11 is 0. The van der Waals surface area contributed by atoms with Crippen molar-refractivity contribution < 1.29 is 9.47 Å². The number of aryl methyl sites for hydroxylation is 1. The van der Waals surface area contributed by atoms with Crippen LogP contribution >= 0.6 is 24.0 Å². The highest BCUT2D eigenvalue weighted by atomic mass is 127. The predicted octanol–water partition coefficient (Wildman–Crippen LogP) is 3.02. The molecule has 1 N–H and O–H groups in total. The Morgan fingerprint density at radius 3 is 2.68 bits per heavy atom. The second-order valence-corrected chi connectivity index (χ2v) is 7.58. The fourth-order valence-electron chi connectivity index (χ4n) is 3.71. The Labute approximate surface area is 186 Å². The van der Waals surface area contributed by atoms with Crippen LogP contribution in [0.1, 0.15) is 30.9 Å². The van der Waals surface area contributed by atoms with Gasteiger partial charge >= 0.3 is 0 Å². The van der Waals surface area contributed by atoms with Crippen LogP contribution in [0.4, 0.5) is 5.69 Å². The molecular weight excluding hydrogens is 467 g/mol. The number of hydrogen-bond donors (Lipinski definition) is 1. The van der Waals surface area contributed by atoms with Gasteiger partial charge in [-0.1, -0.05) is 6.07 Å². The Balaban J connectivity index is 0.00000280. The van der Waals surface area contributed by atoms with E-state index in [1.807, 2.05) is 0 Å². The maximum absolute atomic E-state index is 5.98. The lowest BCUT2D eigenvalue weighted by molar-refractivity contribution is -0.0817. The van der Waals surface area contributed by atoms with Gasteiger partial charge in [0.1, 0.15) is 6.10 Å². The van der Waals surface area contributed by atoms with Crippen molar-refractivity contribution in [3.63, 3.8) is 0 Å². The second-order valence-electron chi connectivity index (χ2n) is 7.58. The Morgan fingerprint density at radius 2 is 2.04 bits per heavy atom. The van der Waals surface area contributed by atoms with Crippen molar-refractivity contribution in [1.82, 2.24) is 10.2 Å². The quantitative estimate of drug-likeness (QED) is 0.381. The third-order valence-corrected chi connectivity index (χ3v) is 5.35. The number of halogens is 1. The minimum absolute atomic E-state index is 0. The summed E-state index contributed by atoms with van der Waals surface area (Å²) < 4.78 is 11.8. The molecule has 2 unspecified atom stereocenters. The SMILES string of the molecule is CCNC(=NCc1ccc(N(C)C)cc1C)N1CCOC(C2CCCO2)C1.I. The van der Waals surface area contributed by atoms with Crippen molar-refractivity contribution in [2.45, 2.75) is 45.4 Å². The first-order valence-corrected chi connectivity index (χ1v) is 10.1. The molecule has 0 bridgehead atoms. The highest BCUT2D eigenvalue weighted by molar-refractivity contribution is 14.0. The lowest BCUT2D eigenvalue weighted by Gasteiger charge is -2.37. The molecule has 28 heavy (non-hydrogen) atoms.